The molecule has 0 atom stereocenters. The number of rotatable bonds is 6. The molecule has 1 saturated heterocycles. The molecule has 0 radical (unpaired) electrons. The van der Waals surface area contributed by atoms with Crippen LogP contribution in [0.15, 0.2) is 42.6 Å². The zero-order valence-corrected chi connectivity index (χ0v) is 19.6. The third-order valence-corrected chi connectivity index (χ3v) is 5.26. The third kappa shape index (κ3) is 7.04. The first-order valence-corrected chi connectivity index (χ1v) is 10.9. The number of carbonyl (C=O) groups excluding carboxylic acids is 1. The quantitative estimate of drug-likeness (QED) is 0.211. The van der Waals surface area contributed by atoms with E-state index in [-0.39, 0.29) is 24.2 Å². The Balaban J connectivity index is 2.05. The molecular weight excluding hydrogens is 523 g/mol. The fourth-order valence-electron chi connectivity index (χ4n) is 3.18. The van der Waals surface area contributed by atoms with Gasteiger partial charge in [-0.15, -0.1) is 0 Å². The largest absolute Gasteiger partial charge is 0.420 e. The van der Waals surface area contributed by atoms with Crippen molar-refractivity contribution >= 4 is 23.6 Å². The van der Waals surface area contributed by atoms with Gasteiger partial charge in [0.15, 0.2) is 5.75 Å². The lowest BCUT2D eigenvalue weighted by Crippen LogP contribution is -2.30. The van der Waals surface area contributed by atoms with Gasteiger partial charge in [0.2, 0.25) is 0 Å². The molecule has 2 aromatic carbocycles. The van der Waals surface area contributed by atoms with Gasteiger partial charge in [0.1, 0.15) is 5.82 Å². The zero-order valence-electron chi connectivity index (χ0n) is 19.6. The highest BCUT2D eigenvalue weighted by atomic mass is 19.4. The second-order valence-corrected chi connectivity index (χ2v) is 7.98. The maximum Gasteiger partial charge on any atom is 0.420 e. The number of anilines is 1. The lowest BCUT2D eigenvalue weighted by molar-refractivity contribution is -0.143. The minimum absolute atomic E-state index is 0.0264. The van der Waals surface area contributed by atoms with Gasteiger partial charge in [-0.1, -0.05) is 11.8 Å². The van der Waals surface area contributed by atoms with Crippen molar-refractivity contribution in [1.29, 1.82) is 5.41 Å². The number of nitrogens with one attached hydrogen (secondary N) is 2. The molecule has 1 amide bonds. The van der Waals surface area contributed by atoms with E-state index < -0.39 is 52.3 Å². The molecular formula is C25H20F7N3O3. The van der Waals surface area contributed by atoms with Crippen molar-refractivity contribution in [3.8, 4) is 17.6 Å². The Hall–Kier alpha value is -4.05. The van der Waals surface area contributed by atoms with E-state index in [1.807, 2.05) is 0 Å². The minimum atomic E-state index is -5.36. The number of carbonyl (C=O) groups is 1. The average molecular weight is 543 g/mol. The molecule has 0 bridgehead atoms. The van der Waals surface area contributed by atoms with E-state index in [0.717, 1.165) is 42.4 Å². The Labute approximate surface area is 212 Å². The van der Waals surface area contributed by atoms with Crippen molar-refractivity contribution in [1.82, 2.24) is 5.32 Å². The highest BCUT2D eigenvalue weighted by Gasteiger charge is 2.41. The second-order valence-electron chi connectivity index (χ2n) is 7.98. The summed E-state index contributed by atoms with van der Waals surface area (Å²) in [6.07, 6.45) is -10.4. The van der Waals surface area contributed by atoms with Crippen LogP contribution in [0, 0.1) is 29.0 Å². The Bertz CT molecular complexity index is 1270. The molecule has 13 heteroatoms. The van der Waals surface area contributed by atoms with E-state index in [2.05, 4.69) is 17.2 Å². The Morgan fingerprint density at radius 2 is 1.82 bits per heavy atom. The molecule has 3 rings (SSSR count). The van der Waals surface area contributed by atoms with Crippen LogP contribution in [0.5, 0.6) is 5.75 Å². The first-order valence-electron chi connectivity index (χ1n) is 10.9. The van der Waals surface area contributed by atoms with Crippen molar-refractivity contribution in [3.05, 3.63) is 65.1 Å². The topological polar surface area (TPSA) is 74.7 Å². The van der Waals surface area contributed by atoms with Gasteiger partial charge < -0.3 is 20.2 Å². The van der Waals surface area contributed by atoms with E-state index in [1.54, 1.807) is 0 Å². The van der Waals surface area contributed by atoms with Gasteiger partial charge in [-0.25, -0.2) is 9.18 Å². The molecule has 6 nitrogen and oxygen atoms in total. The maximum atomic E-state index is 13.9. The molecule has 38 heavy (non-hydrogen) atoms. The SMILES string of the molecule is CN(C(=O)Oc1c(/C(C=N)=C/NCC#CC2COC2)cc(C(F)(F)F)cc1C(F)(F)F)c1ccc(F)cc1. The van der Waals surface area contributed by atoms with Gasteiger partial charge in [0.05, 0.1) is 36.8 Å². The van der Waals surface area contributed by atoms with Gasteiger partial charge in [-0.05, 0) is 36.4 Å². The predicted molar refractivity (Wildman–Crippen MR) is 124 cm³/mol. The monoisotopic (exact) mass is 543 g/mol. The number of hydrogen-bond acceptors (Lipinski definition) is 5. The number of benzene rings is 2. The molecule has 0 spiro atoms. The number of halogens is 7. The van der Waals surface area contributed by atoms with E-state index in [9.17, 15) is 35.5 Å². The predicted octanol–water partition coefficient (Wildman–Crippen LogP) is 5.73. The van der Waals surface area contributed by atoms with Crippen LogP contribution < -0.4 is 15.0 Å². The second kappa shape index (κ2) is 11.6. The number of amides is 1. The van der Waals surface area contributed by atoms with Gasteiger partial charge in [-0.3, -0.25) is 4.90 Å². The molecule has 0 saturated carbocycles. The van der Waals surface area contributed by atoms with Crippen LogP contribution in [0.3, 0.4) is 0 Å². The molecule has 1 heterocycles. The van der Waals surface area contributed by atoms with Gasteiger partial charge in [-0.2, -0.15) is 26.3 Å². The number of allylic oxidation sites excluding steroid dienone is 1. The van der Waals surface area contributed by atoms with E-state index >= 15 is 0 Å². The summed E-state index contributed by atoms with van der Waals surface area (Å²) in [4.78, 5) is 13.5. The fourth-order valence-corrected chi connectivity index (χ4v) is 3.18. The first-order chi connectivity index (χ1) is 17.8. The summed E-state index contributed by atoms with van der Waals surface area (Å²) in [5.74, 6) is 3.75. The normalized spacial score (nSPS) is 14.2. The summed E-state index contributed by atoms with van der Waals surface area (Å²) in [5.41, 5.74) is -4.75. The van der Waals surface area contributed by atoms with Crippen molar-refractivity contribution in [2.24, 2.45) is 5.92 Å². The Kier molecular flexibility index (Phi) is 8.67. The summed E-state index contributed by atoms with van der Waals surface area (Å²) < 4.78 is 105. The maximum absolute atomic E-state index is 13.9. The van der Waals surface area contributed by atoms with Crippen molar-refractivity contribution in [3.63, 3.8) is 0 Å². The highest BCUT2D eigenvalue weighted by Crippen LogP contribution is 2.44. The molecule has 0 aliphatic carbocycles. The fraction of sp³-hybridized carbons (Fsp3) is 0.280. The molecule has 2 N–H and O–H groups in total. The van der Waals surface area contributed by atoms with Crippen molar-refractivity contribution in [2.45, 2.75) is 12.4 Å². The summed E-state index contributed by atoms with van der Waals surface area (Å²) in [5, 5.41) is 10.2. The van der Waals surface area contributed by atoms with Crippen LogP contribution in [-0.2, 0) is 17.1 Å². The number of alkyl halides is 6. The minimum Gasteiger partial charge on any atom is -0.409 e. The van der Waals surface area contributed by atoms with E-state index in [0.29, 0.717) is 25.5 Å². The Morgan fingerprint density at radius 1 is 1.16 bits per heavy atom. The summed E-state index contributed by atoms with van der Waals surface area (Å²) in [6.45, 7) is 0.891. The molecule has 1 fully saturated rings. The molecule has 0 unspecified atom stereocenters. The van der Waals surface area contributed by atoms with Gasteiger partial charge >= 0.3 is 18.4 Å². The highest BCUT2D eigenvalue weighted by molar-refractivity contribution is 6.10. The number of ether oxygens (including phenoxy) is 2. The van der Waals surface area contributed by atoms with Crippen LogP contribution in [0.25, 0.3) is 5.57 Å². The average Bonchev–Trinajstić information content (AvgIpc) is 2.81. The standard InChI is InChI=1S/C25H20F7N3O3/c1-35(19-6-4-18(26)5-7-19)23(36)38-22-20(9-17(24(27,28)29)10-21(22)25(30,31)32)16(11-33)12-34-8-2-3-15-13-37-14-15/h4-7,9-12,15,33-34H,8,13-14H2,1H3/b16-12+,33-11?. The smallest absolute Gasteiger partial charge is 0.409 e. The molecule has 0 aromatic heterocycles. The van der Waals surface area contributed by atoms with Crippen molar-refractivity contribution in [2.75, 3.05) is 31.7 Å². The summed E-state index contributed by atoms with van der Waals surface area (Å²) in [7, 11) is 1.12. The van der Waals surface area contributed by atoms with E-state index in [1.165, 1.54) is 0 Å². The Morgan fingerprint density at radius 3 is 2.34 bits per heavy atom. The summed E-state index contributed by atoms with van der Waals surface area (Å²) >= 11 is 0. The van der Waals surface area contributed by atoms with E-state index in [4.69, 9.17) is 14.9 Å². The van der Waals surface area contributed by atoms with Crippen LogP contribution in [0.2, 0.25) is 0 Å². The first kappa shape index (κ1) is 28.5. The number of nitrogens with zero attached hydrogens (tertiary/aromatic N) is 1. The lowest BCUT2D eigenvalue weighted by Gasteiger charge is -2.22. The molecule has 2 aromatic rings. The van der Waals surface area contributed by atoms with Crippen LogP contribution in [0.4, 0.5) is 41.2 Å². The van der Waals surface area contributed by atoms with Crippen molar-refractivity contribution < 1.29 is 45.0 Å². The lowest BCUT2D eigenvalue weighted by atomic mass is 9.98. The number of hydrogen-bond donors (Lipinski definition) is 2. The van der Waals surface area contributed by atoms with Gasteiger partial charge in [0, 0.05) is 36.3 Å². The van der Waals surface area contributed by atoms with Crippen LogP contribution >= 0.6 is 0 Å². The third-order valence-electron chi connectivity index (χ3n) is 5.26. The van der Waals surface area contributed by atoms with Crippen LogP contribution in [0.1, 0.15) is 16.7 Å². The molecule has 202 valence electrons. The molecule has 1 aliphatic heterocycles. The van der Waals surface area contributed by atoms with Gasteiger partial charge in [0.25, 0.3) is 0 Å². The summed E-state index contributed by atoms with van der Waals surface area (Å²) in [6, 6.07) is 4.46. The van der Waals surface area contributed by atoms with Crippen LogP contribution in [-0.4, -0.2) is 39.1 Å². The molecule has 1 aliphatic rings. The zero-order chi connectivity index (χ0) is 28.1.